The van der Waals surface area contributed by atoms with Gasteiger partial charge in [0.05, 0.1) is 16.8 Å². The molecule has 0 saturated carbocycles. The number of aromatic nitrogens is 1. The Hall–Kier alpha value is -2.64. The van der Waals surface area contributed by atoms with Gasteiger partial charge in [0, 0.05) is 18.1 Å². The van der Waals surface area contributed by atoms with Crippen molar-refractivity contribution >= 4 is 17.3 Å². The molecule has 0 fully saturated rings. The van der Waals surface area contributed by atoms with Crippen molar-refractivity contribution in [3.05, 3.63) is 53.6 Å². The second-order valence-electron chi connectivity index (χ2n) is 4.11. The fourth-order valence-electron chi connectivity index (χ4n) is 1.58. The molecule has 0 aliphatic heterocycles. The third kappa shape index (κ3) is 3.28. The summed E-state index contributed by atoms with van der Waals surface area (Å²) in [5, 5.41) is 2.05. The number of pyridine rings is 1. The fourth-order valence-corrected chi connectivity index (χ4v) is 1.58. The first-order valence-electron chi connectivity index (χ1n) is 5.66. The number of benzene rings is 1. The normalized spacial score (nSPS) is 11.2. The zero-order chi connectivity index (χ0) is 15.6. The van der Waals surface area contributed by atoms with E-state index in [-0.39, 0.29) is 11.3 Å². The molecule has 1 amide bonds. The van der Waals surface area contributed by atoms with Crippen LogP contribution in [0.5, 0.6) is 0 Å². The van der Waals surface area contributed by atoms with Gasteiger partial charge in [-0.25, -0.2) is 4.39 Å². The predicted molar refractivity (Wildman–Crippen MR) is 68.0 cm³/mol. The van der Waals surface area contributed by atoms with Crippen LogP contribution in [0.3, 0.4) is 0 Å². The van der Waals surface area contributed by atoms with Gasteiger partial charge in [-0.3, -0.25) is 9.78 Å². The highest BCUT2D eigenvalue weighted by Gasteiger charge is 2.31. The van der Waals surface area contributed by atoms with Gasteiger partial charge in [-0.1, -0.05) is 0 Å². The van der Waals surface area contributed by atoms with Gasteiger partial charge in [-0.15, -0.1) is 0 Å². The Morgan fingerprint density at radius 3 is 2.57 bits per heavy atom. The molecule has 1 heterocycles. The summed E-state index contributed by atoms with van der Waals surface area (Å²) < 4.78 is 51.2. The quantitative estimate of drug-likeness (QED) is 0.837. The van der Waals surface area contributed by atoms with Crippen molar-refractivity contribution in [2.24, 2.45) is 0 Å². The van der Waals surface area contributed by atoms with E-state index >= 15 is 0 Å². The first kappa shape index (κ1) is 14.8. The molecule has 1 aromatic carbocycles. The molecule has 0 atom stereocenters. The minimum Gasteiger partial charge on any atom is -0.398 e. The second kappa shape index (κ2) is 5.39. The number of nitrogens with one attached hydrogen (secondary N) is 1. The van der Waals surface area contributed by atoms with E-state index in [2.05, 4.69) is 4.98 Å². The van der Waals surface area contributed by atoms with E-state index in [1.54, 1.807) is 0 Å². The average Bonchev–Trinajstić information content (AvgIpc) is 2.40. The Balaban J connectivity index is 2.31. The van der Waals surface area contributed by atoms with Crippen LogP contribution in [-0.2, 0) is 6.18 Å². The maximum absolute atomic E-state index is 13.5. The van der Waals surface area contributed by atoms with Gasteiger partial charge in [0.15, 0.2) is 0 Å². The van der Waals surface area contributed by atoms with Crippen LogP contribution in [0.15, 0.2) is 36.7 Å². The Morgan fingerprint density at radius 2 is 1.95 bits per heavy atom. The zero-order valence-corrected chi connectivity index (χ0v) is 10.4. The van der Waals surface area contributed by atoms with Crippen molar-refractivity contribution in [3.8, 4) is 0 Å². The summed E-state index contributed by atoms with van der Waals surface area (Å²) in [4.78, 5) is 15.5. The minimum absolute atomic E-state index is 0.0608. The Kier molecular flexibility index (Phi) is 3.79. The summed E-state index contributed by atoms with van der Waals surface area (Å²) >= 11 is 0. The minimum atomic E-state index is -4.64. The summed E-state index contributed by atoms with van der Waals surface area (Å²) in [6.45, 7) is 0. The molecule has 2 rings (SSSR count). The SMILES string of the molecule is Nc1ccncc1C(=O)Nc1cc(C(F)(F)F)ccc1F. The number of alkyl halides is 3. The van der Waals surface area contributed by atoms with Gasteiger partial charge < -0.3 is 11.1 Å². The molecule has 2 aromatic rings. The highest BCUT2D eigenvalue weighted by atomic mass is 19.4. The molecule has 1 aromatic heterocycles. The molecule has 0 aliphatic rings. The highest BCUT2D eigenvalue weighted by Crippen LogP contribution is 2.32. The second-order valence-corrected chi connectivity index (χ2v) is 4.11. The number of nitrogens with two attached hydrogens (primary N) is 1. The van der Waals surface area contributed by atoms with Gasteiger partial charge in [-0.2, -0.15) is 13.2 Å². The van der Waals surface area contributed by atoms with E-state index < -0.39 is 29.2 Å². The Labute approximate surface area is 116 Å². The van der Waals surface area contributed by atoms with Gasteiger partial charge in [-0.05, 0) is 24.3 Å². The summed E-state index contributed by atoms with van der Waals surface area (Å²) in [7, 11) is 0. The van der Waals surface area contributed by atoms with Crippen LogP contribution in [0.1, 0.15) is 15.9 Å². The number of carbonyl (C=O) groups excluding carboxylic acids is 1. The topological polar surface area (TPSA) is 68.0 Å². The number of rotatable bonds is 2. The third-order valence-corrected chi connectivity index (χ3v) is 2.64. The summed E-state index contributed by atoms with van der Waals surface area (Å²) in [5.74, 6) is -1.84. The Morgan fingerprint density at radius 1 is 1.24 bits per heavy atom. The van der Waals surface area contributed by atoms with Crippen LogP contribution in [0, 0.1) is 5.82 Å². The largest absolute Gasteiger partial charge is 0.416 e. The molecule has 110 valence electrons. The molecular weight excluding hydrogens is 290 g/mol. The van der Waals surface area contributed by atoms with E-state index in [9.17, 15) is 22.4 Å². The van der Waals surface area contributed by atoms with Crippen LogP contribution < -0.4 is 11.1 Å². The number of nitrogens with zero attached hydrogens (tertiary/aromatic N) is 1. The van der Waals surface area contributed by atoms with Crippen LogP contribution in [0.2, 0.25) is 0 Å². The lowest BCUT2D eigenvalue weighted by Gasteiger charge is -2.11. The van der Waals surface area contributed by atoms with E-state index in [0.29, 0.717) is 18.2 Å². The molecule has 8 heteroatoms. The monoisotopic (exact) mass is 299 g/mol. The summed E-state index contributed by atoms with van der Waals surface area (Å²) in [6, 6.07) is 3.08. The highest BCUT2D eigenvalue weighted by molar-refractivity contribution is 6.07. The van der Waals surface area contributed by atoms with E-state index in [1.807, 2.05) is 5.32 Å². The molecule has 3 N–H and O–H groups in total. The zero-order valence-electron chi connectivity index (χ0n) is 10.4. The van der Waals surface area contributed by atoms with Crippen molar-refractivity contribution < 1.29 is 22.4 Å². The van der Waals surface area contributed by atoms with Crippen molar-refractivity contribution in [1.29, 1.82) is 0 Å². The first-order valence-corrected chi connectivity index (χ1v) is 5.66. The standard InChI is InChI=1S/C13H9F4N3O/c14-9-2-1-7(13(15,16)17)5-11(9)20-12(21)8-6-19-4-3-10(8)18/h1-6H,(H2,18,19)(H,20,21). The molecule has 0 spiro atoms. The first-order chi connectivity index (χ1) is 9.79. The number of halogens is 4. The number of nitrogen functional groups attached to an aromatic ring is 1. The maximum Gasteiger partial charge on any atom is 0.416 e. The lowest BCUT2D eigenvalue weighted by Crippen LogP contribution is -2.16. The van der Waals surface area contributed by atoms with Crippen molar-refractivity contribution in [3.63, 3.8) is 0 Å². The van der Waals surface area contributed by atoms with Crippen molar-refractivity contribution in [2.75, 3.05) is 11.1 Å². The number of hydrogen-bond acceptors (Lipinski definition) is 3. The molecule has 0 bridgehead atoms. The fraction of sp³-hybridized carbons (Fsp3) is 0.0769. The molecule has 0 radical (unpaired) electrons. The van der Waals surface area contributed by atoms with Crippen LogP contribution in [-0.4, -0.2) is 10.9 Å². The van der Waals surface area contributed by atoms with E-state index in [0.717, 1.165) is 6.20 Å². The third-order valence-electron chi connectivity index (χ3n) is 2.64. The maximum atomic E-state index is 13.5. The summed E-state index contributed by atoms with van der Waals surface area (Å²) in [6.07, 6.45) is -2.16. The number of carbonyl (C=O) groups is 1. The van der Waals surface area contributed by atoms with Crippen LogP contribution in [0.25, 0.3) is 0 Å². The van der Waals surface area contributed by atoms with Crippen LogP contribution in [0.4, 0.5) is 28.9 Å². The lowest BCUT2D eigenvalue weighted by atomic mass is 10.1. The van der Waals surface area contributed by atoms with Gasteiger partial charge in [0.2, 0.25) is 0 Å². The molecule has 0 saturated heterocycles. The van der Waals surface area contributed by atoms with Crippen molar-refractivity contribution in [1.82, 2.24) is 4.98 Å². The van der Waals surface area contributed by atoms with E-state index in [4.69, 9.17) is 5.73 Å². The van der Waals surface area contributed by atoms with E-state index in [1.165, 1.54) is 12.3 Å². The smallest absolute Gasteiger partial charge is 0.398 e. The van der Waals surface area contributed by atoms with Crippen molar-refractivity contribution in [2.45, 2.75) is 6.18 Å². The number of hydrogen-bond donors (Lipinski definition) is 2. The average molecular weight is 299 g/mol. The molecule has 0 aliphatic carbocycles. The number of amides is 1. The number of anilines is 2. The van der Waals surface area contributed by atoms with Gasteiger partial charge in [0.25, 0.3) is 5.91 Å². The predicted octanol–water partition coefficient (Wildman–Crippen LogP) is 3.07. The molecule has 0 unspecified atom stereocenters. The van der Waals surface area contributed by atoms with Crippen LogP contribution >= 0.6 is 0 Å². The Bertz CT molecular complexity index is 685. The van der Waals surface area contributed by atoms with Gasteiger partial charge in [0.1, 0.15) is 5.82 Å². The lowest BCUT2D eigenvalue weighted by molar-refractivity contribution is -0.137. The summed E-state index contributed by atoms with van der Waals surface area (Å²) in [5.41, 5.74) is 3.90. The molecule has 4 nitrogen and oxygen atoms in total. The van der Waals surface area contributed by atoms with Gasteiger partial charge >= 0.3 is 6.18 Å². The molecular formula is C13H9F4N3O. The molecule has 21 heavy (non-hydrogen) atoms.